The fraction of sp³-hybridized carbons (Fsp3) is 0.300. The van der Waals surface area contributed by atoms with E-state index in [1.807, 2.05) is 0 Å². The number of hydrogen-bond acceptors (Lipinski definition) is 4. The van der Waals surface area contributed by atoms with E-state index in [0.29, 0.717) is 6.07 Å². The highest BCUT2D eigenvalue weighted by molar-refractivity contribution is 5.99. The molecule has 0 radical (unpaired) electrons. The zero-order valence-electron chi connectivity index (χ0n) is 16.4. The van der Waals surface area contributed by atoms with Crippen LogP contribution >= 0.6 is 0 Å². The van der Waals surface area contributed by atoms with Crippen molar-refractivity contribution in [2.45, 2.75) is 39.3 Å². The summed E-state index contributed by atoms with van der Waals surface area (Å²) >= 11 is 0. The molecule has 0 heterocycles. The van der Waals surface area contributed by atoms with Gasteiger partial charge in [0, 0.05) is 11.8 Å². The van der Waals surface area contributed by atoms with Crippen LogP contribution in [0.5, 0.6) is 0 Å². The molecule has 2 rings (SSSR count). The van der Waals surface area contributed by atoms with Crippen molar-refractivity contribution in [3.8, 4) is 0 Å². The van der Waals surface area contributed by atoms with E-state index >= 15 is 0 Å². The lowest BCUT2D eigenvalue weighted by atomic mass is 10.2. The van der Waals surface area contributed by atoms with Gasteiger partial charge in [0.2, 0.25) is 5.91 Å². The Balaban J connectivity index is 2.14. The number of alkyl carbamates (subject to hydrolysis) is 1. The van der Waals surface area contributed by atoms with Crippen LogP contribution in [0.4, 0.5) is 35.0 Å². The maximum absolute atomic E-state index is 13.7. The van der Waals surface area contributed by atoms with Crippen LogP contribution in [0.15, 0.2) is 36.4 Å². The fourth-order valence-electron chi connectivity index (χ4n) is 2.30. The Morgan fingerprint density at radius 2 is 1.55 bits per heavy atom. The van der Waals surface area contributed by atoms with Crippen LogP contribution < -0.4 is 16.0 Å². The minimum atomic E-state index is -0.964. The summed E-state index contributed by atoms with van der Waals surface area (Å²) in [5.74, 6) is -2.85. The molecule has 2 aromatic rings. The average molecular weight is 409 g/mol. The summed E-state index contributed by atoms with van der Waals surface area (Å²) in [5.41, 5.74) is -0.468. The summed E-state index contributed by atoms with van der Waals surface area (Å²) in [5, 5.41) is 7.58. The minimum Gasteiger partial charge on any atom is -0.444 e. The van der Waals surface area contributed by atoms with Gasteiger partial charge in [-0.2, -0.15) is 0 Å². The van der Waals surface area contributed by atoms with Crippen LogP contribution in [0.3, 0.4) is 0 Å². The highest BCUT2D eigenvalue weighted by Crippen LogP contribution is 2.27. The van der Waals surface area contributed by atoms with Gasteiger partial charge in [0.15, 0.2) is 0 Å². The van der Waals surface area contributed by atoms with Gasteiger partial charge in [-0.3, -0.25) is 4.79 Å². The Labute approximate surface area is 166 Å². The van der Waals surface area contributed by atoms with E-state index in [1.165, 1.54) is 13.0 Å². The predicted molar refractivity (Wildman–Crippen MR) is 104 cm³/mol. The Morgan fingerprint density at radius 3 is 2.14 bits per heavy atom. The summed E-state index contributed by atoms with van der Waals surface area (Å²) in [6.45, 7) is 6.49. The molecule has 0 aliphatic rings. The third kappa shape index (κ3) is 7.02. The topological polar surface area (TPSA) is 79.5 Å². The first kappa shape index (κ1) is 22.1. The molecule has 156 valence electrons. The third-order valence-electron chi connectivity index (χ3n) is 3.51. The van der Waals surface area contributed by atoms with E-state index in [0.717, 1.165) is 24.3 Å². The summed E-state index contributed by atoms with van der Waals surface area (Å²) in [6, 6.07) is 5.23. The van der Waals surface area contributed by atoms with Crippen molar-refractivity contribution in [3.63, 3.8) is 0 Å². The van der Waals surface area contributed by atoms with Crippen LogP contribution in [0.25, 0.3) is 0 Å². The molecule has 0 aliphatic carbocycles. The van der Waals surface area contributed by atoms with Crippen LogP contribution in [0.1, 0.15) is 27.7 Å². The second kappa shape index (κ2) is 8.85. The molecule has 6 nitrogen and oxygen atoms in total. The van der Waals surface area contributed by atoms with Crippen molar-refractivity contribution in [2.75, 3.05) is 10.6 Å². The Morgan fingerprint density at radius 1 is 0.931 bits per heavy atom. The Bertz CT molecular complexity index is 893. The number of nitrogens with one attached hydrogen (secondary N) is 3. The van der Waals surface area contributed by atoms with E-state index in [9.17, 15) is 22.8 Å². The number of carbonyl (C=O) groups is 2. The van der Waals surface area contributed by atoms with Gasteiger partial charge in [-0.25, -0.2) is 18.0 Å². The maximum atomic E-state index is 13.7. The highest BCUT2D eigenvalue weighted by Gasteiger charge is 2.21. The SMILES string of the molecule is CC(NC(=O)OC(C)(C)C)C(=O)Nc1ccc(F)cc1Nc1cc(F)cc(F)c1. The lowest BCUT2D eigenvalue weighted by Gasteiger charge is -2.22. The van der Waals surface area contributed by atoms with Crippen molar-refractivity contribution >= 4 is 29.1 Å². The van der Waals surface area contributed by atoms with Gasteiger partial charge >= 0.3 is 6.09 Å². The first-order chi connectivity index (χ1) is 13.4. The molecule has 2 amide bonds. The number of halogens is 3. The van der Waals surface area contributed by atoms with Crippen molar-refractivity contribution in [1.29, 1.82) is 0 Å². The monoisotopic (exact) mass is 409 g/mol. The second-order valence-electron chi connectivity index (χ2n) is 7.33. The fourth-order valence-corrected chi connectivity index (χ4v) is 2.30. The molecule has 0 spiro atoms. The van der Waals surface area contributed by atoms with Crippen molar-refractivity contribution in [3.05, 3.63) is 53.8 Å². The van der Waals surface area contributed by atoms with Crippen molar-refractivity contribution in [2.24, 2.45) is 0 Å². The molecule has 0 saturated carbocycles. The molecule has 0 aliphatic heterocycles. The van der Waals surface area contributed by atoms with Gasteiger partial charge in [0.1, 0.15) is 29.1 Å². The lowest BCUT2D eigenvalue weighted by Crippen LogP contribution is -2.44. The predicted octanol–water partition coefficient (Wildman–Crippen LogP) is 4.70. The third-order valence-corrected chi connectivity index (χ3v) is 3.51. The van der Waals surface area contributed by atoms with Gasteiger partial charge in [-0.1, -0.05) is 0 Å². The summed E-state index contributed by atoms with van der Waals surface area (Å²) in [6.07, 6.45) is -0.771. The number of hydrogen-bond donors (Lipinski definition) is 3. The lowest BCUT2D eigenvalue weighted by molar-refractivity contribution is -0.117. The molecule has 0 bridgehead atoms. The summed E-state index contributed by atoms with van der Waals surface area (Å²) < 4.78 is 45.5. The standard InChI is InChI=1S/C20H22F3N3O3/c1-11(24-19(28)29-20(2,3)4)18(27)26-16-6-5-12(21)10-17(16)25-15-8-13(22)7-14(23)9-15/h5-11,25H,1-4H3,(H,24,28)(H,26,27). The molecule has 0 fully saturated rings. The first-order valence-electron chi connectivity index (χ1n) is 8.76. The quantitative estimate of drug-likeness (QED) is 0.669. The molecule has 3 N–H and O–H groups in total. The van der Waals surface area contributed by atoms with Crippen molar-refractivity contribution < 1.29 is 27.5 Å². The van der Waals surface area contributed by atoms with E-state index in [1.54, 1.807) is 20.8 Å². The van der Waals surface area contributed by atoms with Crippen LogP contribution in [0, 0.1) is 17.5 Å². The van der Waals surface area contributed by atoms with Gasteiger partial charge in [-0.15, -0.1) is 0 Å². The number of carbonyl (C=O) groups excluding carboxylic acids is 2. The Hall–Kier alpha value is -3.23. The van der Waals surface area contributed by atoms with E-state index in [-0.39, 0.29) is 17.1 Å². The molecule has 29 heavy (non-hydrogen) atoms. The number of ether oxygens (including phenoxy) is 1. The molecular weight excluding hydrogens is 387 g/mol. The van der Waals surface area contributed by atoms with Crippen LogP contribution in [0.2, 0.25) is 0 Å². The molecule has 0 saturated heterocycles. The van der Waals surface area contributed by atoms with Crippen LogP contribution in [-0.2, 0) is 9.53 Å². The smallest absolute Gasteiger partial charge is 0.408 e. The van der Waals surface area contributed by atoms with E-state index in [2.05, 4.69) is 16.0 Å². The molecule has 9 heteroatoms. The number of benzene rings is 2. The minimum absolute atomic E-state index is 0.0310. The zero-order chi connectivity index (χ0) is 21.8. The summed E-state index contributed by atoms with van der Waals surface area (Å²) in [7, 11) is 0. The normalized spacial score (nSPS) is 12.1. The maximum Gasteiger partial charge on any atom is 0.408 e. The van der Waals surface area contributed by atoms with E-state index < -0.39 is 41.1 Å². The van der Waals surface area contributed by atoms with Gasteiger partial charge < -0.3 is 20.7 Å². The number of anilines is 3. The first-order valence-corrected chi connectivity index (χ1v) is 8.76. The second-order valence-corrected chi connectivity index (χ2v) is 7.33. The number of rotatable bonds is 5. The van der Waals surface area contributed by atoms with Crippen LogP contribution in [-0.4, -0.2) is 23.6 Å². The molecular formula is C20H22F3N3O3. The van der Waals surface area contributed by atoms with E-state index in [4.69, 9.17) is 4.74 Å². The van der Waals surface area contributed by atoms with Crippen molar-refractivity contribution in [1.82, 2.24) is 5.32 Å². The zero-order valence-corrected chi connectivity index (χ0v) is 16.4. The summed E-state index contributed by atoms with van der Waals surface area (Å²) in [4.78, 5) is 24.2. The molecule has 1 atom stereocenters. The highest BCUT2D eigenvalue weighted by atomic mass is 19.1. The Kier molecular flexibility index (Phi) is 6.73. The van der Waals surface area contributed by atoms with Gasteiger partial charge in [-0.05, 0) is 58.0 Å². The average Bonchev–Trinajstić information content (AvgIpc) is 2.54. The molecule has 2 aromatic carbocycles. The largest absolute Gasteiger partial charge is 0.444 e. The number of amides is 2. The van der Waals surface area contributed by atoms with Gasteiger partial charge in [0.25, 0.3) is 0 Å². The van der Waals surface area contributed by atoms with Gasteiger partial charge in [0.05, 0.1) is 11.4 Å². The molecule has 1 unspecified atom stereocenters. The molecule has 0 aromatic heterocycles.